The van der Waals surface area contributed by atoms with Crippen molar-refractivity contribution in [2.24, 2.45) is 0 Å². The van der Waals surface area contributed by atoms with E-state index in [9.17, 15) is 4.79 Å². The third kappa shape index (κ3) is 2.12. The van der Waals surface area contributed by atoms with Crippen molar-refractivity contribution in [1.82, 2.24) is 14.9 Å². The third-order valence-electron chi connectivity index (χ3n) is 2.99. The first-order valence-electron chi connectivity index (χ1n) is 5.74. The second kappa shape index (κ2) is 4.83. The van der Waals surface area contributed by atoms with Crippen molar-refractivity contribution >= 4 is 23.1 Å². The van der Waals surface area contributed by atoms with Crippen LogP contribution in [0.4, 0.5) is 5.69 Å². The molecule has 0 spiro atoms. The van der Waals surface area contributed by atoms with Crippen molar-refractivity contribution in [2.75, 3.05) is 11.9 Å². The van der Waals surface area contributed by atoms with E-state index in [1.165, 1.54) is 22.7 Å². The smallest absolute Gasteiger partial charge is 0.277 e. The fourth-order valence-electron chi connectivity index (χ4n) is 2.08. The highest BCUT2D eigenvalue weighted by molar-refractivity contribution is 7.03. The molecule has 2 aromatic rings. The van der Waals surface area contributed by atoms with Crippen LogP contribution in [-0.2, 0) is 13.0 Å². The number of benzene rings is 1. The van der Waals surface area contributed by atoms with Crippen LogP contribution in [0.25, 0.3) is 0 Å². The minimum Gasteiger partial charge on any atom is -0.320 e. The number of nitrogens with one attached hydrogen (secondary N) is 2. The van der Waals surface area contributed by atoms with E-state index < -0.39 is 0 Å². The number of carbonyl (C=O) groups is 1. The maximum Gasteiger partial charge on any atom is 0.277 e. The SMILES string of the molecule is O=C(Nc1cccc2c1CNCC2)c1csnn1. The molecule has 0 saturated carbocycles. The molecular formula is C12H12N4OS. The molecule has 18 heavy (non-hydrogen) atoms. The summed E-state index contributed by atoms with van der Waals surface area (Å²) in [5, 5.41) is 11.6. The predicted molar refractivity (Wildman–Crippen MR) is 69.7 cm³/mol. The highest BCUT2D eigenvalue weighted by atomic mass is 32.1. The lowest BCUT2D eigenvalue weighted by molar-refractivity contribution is 0.102. The average molecular weight is 260 g/mol. The Morgan fingerprint density at radius 1 is 1.44 bits per heavy atom. The molecule has 2 heterocycles. The van der Waals surface area contributed by atoms with Gasteiger partial charge in [0.25, 0.3) is 5.91 Å². The Hall–Kier alpha value is -1.79. The molecule has 3 rings (SSSR count). The number of anilines is 1. The first kappa shape index (κ1) is 11.3. The zero-order chi connectivity index (χ0) is 12.4. The Morgan fingerprint density at radius 3 is 3.22 bits per heavy atom. The Balaban J connectivity index is 1.87. The Bertz CT molecular complexity index is 567. The number of nitrogens with zero attached hydrogens (tertiary/aromatic N) is 2. The van der Waals surface area contributed by atoms with Gasteiger partial charge in [-0.05, 0) is 41.7 Å². The number of amides is 1. The summed E-state index contributed by atoms with van der Waals surface area (Å²) in [5.41, 5.74) is 3.68. The van der Waals surface area contributed by atoms with Crippen LogP contribution >= 0.6 is 11.5 Å². The maximum absolute atomic E-state index is 11.9. The van der Waals surface area contributed by atoms with Crippen LogP contribution in [0.5, 0.6) is 0 Å². The zero-order valence-corrected chi connectivity index (χ0v) is 10.5. The van der Waals surface area contributed by atoms with E-state index in [1.54, 1.807) is 5.38 Å². The fraction of sp³-hybridized carbons (Fsp3) is 0.250. The van der Waals surface area contributed by atoms with Gasteiger partial charge in [0.2, 0.25) is 0 Å². The zero-order valence-electron chi connectivity index (χ0n) is 9.64. The molecule has 1 aromatic heterocycles. The van der Waals surface area contributed by atoms with E-state index in [0.717, 1.165) is 25.2 Å². The Morgan fingerprint density at radius 2 is 2.39 bits per heavy atom. The van der Waals surface area contributed by atoms with Gasteiger partial charge in [-0.1, -0.05) is 16.6 Å². The van der Waals surface area contributed by atoms with Gasteiger partial charge in [0.15, 0.2) is 5.69 Å². The van der Waals surface area contributed by atoms with E-state index in [4.69, 9.17) is 0 Å². The summed E-state index contributed by atoms with van der Waals surface area (Å²) in [6.45, 7) is 1.78. The monoisotopic (exact) mass is 260 g/mol. The van der Waals surface area contributed by atoms with Crippen LogP contribution in [0, 0.1) is 0 Å². The largest absolute Gasteiger partial charge is 0.320 e. The average Bonchev–Trinajstić information content (AvgIpc) is 2.93. The third-order valence-corrected chi connectivity index (χ3v) is 3.49. The van der Waals surface area contributed by atoms with Crippen LogP contribution in [-0.4, -0.2) is 22.0 Å². The van der Waals surface area contributed by atoms with Gasteiger partial charge in [0.05, 0.1) is 0 Å². The van der Waals surface area contributed by atoms with Gasteiger partial charge in [-0.3, -0.25) is 4.79 Å². The van der Waals surface area contributed by atoms with Gasteiger partial charge in [-0.15, -0.1) is 5.10 Å². The highest BCUT2D eigenvalue weighted by Gasteiger charge is 2.15. The van der Waals surface area contributed by atoms with Gasteiger partial charge in [0, 0.05) is 17.6 Å². The van der Waals surface area contributed by atoms with Crippen LogP contribution in [0.1, 0.15) is 21.6 Å². The highest BCUT2D eigenvalue weighted by Crippen LogP contribution is 2.23. The summed E-state index contributed by atoms with van der Waals surface area (Å²) >= 11 is 1.17. The minimum atomic E-state index is -0.206. The number of carbonyl (C=O) groups excluding carboxylic acids is 1. The topological polar surface area (TPSA) is 66.9 Å². The quantitative estimate of drug-likeness (QED) is 0.857. The van der Waals surface area contributed by atoms with E-state index in [1.807, 2.05) is 12.1 Å². The van der Waals surface area contributed by atoms with Crippen LogP contribution in [0.2, 0.25) is 0 Å². The summed E-state index contributed by atoms with van der Waals surface area (Å²) in [6.07, 6.45) is 0.997. The minimum absolute atomic E-state index is 0.206. The molecule has 1 aliphatic rings. The first-order chi connectivity index (χ1) is 8.84. The molecule has 6 heteroatoms. The molecule has 0 atom stereocenters. The van der Waals surface area contributed by atoms with Gasteiger partial charge < -0.3 is 10.6 Å². The fourth-order valence-corrected chi connectivity index (χ4v) is 2.52. The second-order valence-electron chi connectivity index (χ2n) is 4.11. The summed E-state index contributed by atoms with van der Waals surface area (Å²) in [4.78, 5) is 11.9. The van der Waals surface area contributed by atoms with E-state index in [2.05, 4.69) is 26.3 Å². The number of hydrogen-bond donors (Lipinski definition) is 2. The normalized spacial score (nSPS) is 14.0. The predicted octanol–water partition coefficient (Wildman–Crippen LogP) is 1.44. The first-order valence-corrected chi connectivity index (χ1v) is 6.58. The molecule has 1 amide bonds. The number of hydrogen-bond acceptors (Lipinski definition) is 5. The van der Waals surface area contributed by atoms with Crippen molar-refractivity contribution in [1.29, 1.82) is 0 Å². The summed E-state index contributed by atoms with van der Waals surface area (Å²) in [5.74, 6) is -0.206. The Kier molecular flexibility index (Phi) is 3.04. The molecule has 5 nitrogen and oxygen atoms in total. The number of aromatic nitrogens is 2. The van der Waals surface area contributed by atoms with Crippen molar-refractivity contribution in [3.8, 4) is 0 Å². The lowest BCUT2D eigenvalue weighted by atomic mass is 9.99. The molecule has 0 aliphatic carbocycles. The van der Waals surface area contributed by atoms with Gasteiger partial charge >= 0.3 is 0 Å². The van der Waals surface area contributed by atoms with E-state index in [-0.39, 0.29) is 5.91 Å². The lowest BCUT2D eigenvalue weighted by Crippen LogP contribution is -2.25. The maximum atomic E-state index is 11.9. The van der Waals surface area contributed by atoms with Crippen LogP contribution in [0.3, 0.4) is 0 Å². The standard InChI is InChI=1S/C12H12N4OS/c17-12(11-7-18-16-15-11)14-10-3-1-2-8-4-5-13-6-9(8)10/h1-3,7,13H,4-6H2,(H,14,17). The molecule has 0 unspecified atom stereocenters. The number of rotatable bonds is 2. The molecule has 1 aromatic carbocycles. The van der Waals surface area contributed by atoms with Gasteiger partial charge in [-0.2, -0.15) is 0 Å². The summed E-state index contributed by atoms with van der Waals surface area (Å²) < 4.78 is 3.69. The number of fused-ring (bicyclic) bond motifs is 1. The Labute approximate surface area is 108 Å². The van der Waals surface area contributed by atoms with Crippen LogP contribution in [0.15, 0.2) is 23.6 Å². The molecule has 0 saturated heterocycles. The van der Waals surface area contributed by atoms with Gasteiger partial charge in [-0.25, -0.2) is 0 Å². The van der Waals surface area contributed by atoms with Crippen LogP contribution < -0.4 is 10.6 Å². The second-order valence-corrected chi connectivity index (χ2v) is 4.72. The van der Waals surface area contributed by atoms with Crippen molar-refractivity contribution in [3.05, 3.63) is 40.4 Å². The summed E-state index contributed by atoms with van der Waals surface area (Å²) in [7, 11) is 0. The lowest BCUT2D eigenvalue weighted by Gasteiger charge is -2.20. The molecule has 0 radical (unpaired) electrons. The molecular weight excluding hydrogens is 248 g/mol. The van der Waals surface area contributed by atoms with Crippen molar-refractivity contribution in [2.45, 2.75) is 13.0 Å². The van der Waals surface area contributed by atoms with E-state index in [0.29, 0.717) is 5.69 Å². The van der Waals surface area contributed by atoms with E-state index >= 15 is 0 Å². The molecule has 2 N–H and O–H groups in total. The van der Waals surface area contributed by atoms with Gasteiger partial charge in [0.1, 0.15) is 0 Å². The summed E-state index contributed by atoms with van der Waals surface area (Å²) in [6, 6.07) is 6.00. The molecule has 0 fully saturated rings. The van der Waals surface area contributed by atoms with Crippen molar-refractivity contribution in [3.63, 3.8) is 0 Å². The van der Waals surface area contributed by atoms with Crippen molar-refractivity contribution < 1.29 is 4.79 Å². The molecule has 1 aliphatic heterocycles. The molecule has 0 bridgehead atoms. The molecule has 92 valence electrons.